The highest BCUT2D eigenvalue weighted by Crippen LogP contribution is 2.28. The molecule has 1 amide bonds. The number of pyridine rings is 1. The Kier molecular flexibility index (Phi) is 8.78. The third-order valence-electron chi connectivity index (χ3n) is 9.38. The molecule has 0 saturated carbocycles. The molecule has 1 atom stereocenters. The Bertz CT molecular complexity index is 2260. The maximum atomic E-state index is 14.2. The molecule has 1 saturated heterocycles. The van der Waals surface area contributed by atoms with E-state index in [1.807, 2.05) is 49.4 Å². The number of carbonyl (C=O) groups is 1. The molecule has 254 valence electrons. The SMILES string of the molecule is Cc1n[nH]c2ccc(C(=O)Nc3ccc4c(c3)nc(CN3CC=C(c5cccc(OCc6ccc(Cl)cc6F)n5)CC3)n4C[C@@H]3CCO3)cc12. The lowest BCUT2D eigenvalue weighted by molar-refractivity contribution is -0.0591. The number of nitrogens with zero attached hydrogens (tertiary/aromatic N) is 5. The molecule has 8 rings (SSSR count). The molecular formula is C38H35ClFN7O3. The van der Waals surface area contributed by atoms with E-state index in [-0.39, 0.29) is 18.6 Å². The number of imidazole rings is 1. The van der Waals surface area contributed by atoms with Crippen LogP contribution in [0.4, 0.5) is 10.1 Å². The largest absolute Gasteiger partial charge is 0.473 e. The summed E-state index contributed by atoms with van der Waals surface area (Å²) in [5.41, 5.74) is 7.25. The number of anilines is 1. The van der Waals surface area contributed by atoms with E-state index in [1.54, 1.807) is 24.3 Å². The van der Waals surface area contributed by atoms with Gasteiger partial charge in [0.2, 0.25) is 5.88 Å². The Labute approximate surface area is 292 Å². The highest BCUT2D eigenvalue weighted by atomic mass is 35.5. The van der Waals surface area contributed by atoms with Crippen LogP contribution in [0.15, 0.2) is 78.9 Å². The summed E-state index contributed by atoms with van der Waals surface area (Å²) in [6.45, 7) is 5.73. The second-order valence-corrected chi connectivity index (χ2v) is 13.2. The Hall–Kier alpha value is -5.10. The van der Waals surface area contributed by atoms with Gasteiger partial charge in [-0.25, -0.2) is 14.4 Å². The normalized spacial score (nSPS) is 16.4. The van der Waals surface area contributed by atoms with E-state index in [4.69, 9.17) is 31.0 Å². The molecule has 1 fully saturated rings. The topological polar surface area (TPSA) is 110 Å². The van der Waals surface area contributed by atoms with E-state index in [2.05, 4.69) is 31.1 Å². The minimum absolute atomic E-state index is 0.0645. The van der Waals surface area contributed by atoms with E-state index < -0.39 is 5.82 Å². The molecule has 6 aromatic rings. The number of hydrogen-bond acceptors (Lipinski definition) is 7. The first-order valence-electron chi connectivity index (χ1n) is 16.7. The van der Waals surface area contributed by atoms with Gasteiger partial charge in [0.1, 0.15) is 18.2 Å². The standard InChI is InChI=1S/C38H35ClFN7O3/c1-23-30-17-25(6-9-33(30)45-44-23)38(48)41-28-8-10-35-34(19-28)42-36(47(35)20-29-13-16-49-29)21-46-14-11-24(12-15-46)32-3-2-4-37(43-32)50-22-26-5-7-27(39)18-31(26)40/h2-11,17-19,29H,12-16,20-22H2,1H3,(H,41,48)(H,44,45)/t29-/m0/s1. The zero-order chi connectivity index (χ0) is 34.2. The van der Waals surface area contributed by atoms with Crippen molar-refractivity contribution in [2.45, 2.75) is 45.6 Å². The summed E-state index contributed by atoms with van der Waals surface area (Å²) in [4.78, 5) is 25.3. The van der Waals surface area contributed by atoms with Crippen molar-refractivity contribution in [3.63, 3.8) is 0 Å². The van der Waals surface area contributed by atoms with E-state index in [1.165, 1.54) is 6.07 Å². The lowest BCUT2D eigenvalue weighted by Crippen LogP contribution is -2.33. The summed E-state index contributed by atoms with van der Waals surface area (Å²) in [6.07, 6.45) is 4.20. The van der Waals surface area contributed by atoms with Gasteiger partial charge < -0.3 is 19.4 Å². The van der Waals surface area contributed by atoms with Gasteiger partial charge >= 0.3 is 0 Å². The zero-order valence-electron chi connectivity index (χ0n) is 27.5. The predicted molar refractivity (Wildman–Crippen MR) is 191 cm³/mol. The number of aryl methyl sites for hydroxylation is 1. The number of nitrogens with one attached hydrogen (secondary N) is 2. The monoisotopic (exact) mass is 691 g/mol. The van der Waals surface area contributed by atoms with Crippen LogP contribution in [0.5, 0.6) is 5.88 Å². The van der Waals surface area contributed by atoms with Crippen molar-refractivity contribution in [2.75, 3.05) is 25.0 Å². The number of ether oxygens (including phenoxy) is 2. The number of hydrogen-bond donors (Lipinski definition) is 2. The number of aromatic amines is 1. The Morgan fingerprint density at radius 1 is 1.12 bits per heavy atom. The average Bonchev–Trinajstić information content (AvgIpc) is 3.64. The van der Waals surface area contributed by atoms with Crippen LogP contribution in [0.1, 0.15) is 46.0 Å². The molecule has 0 unspecified atom stereocenters. The number of aromatic nitrogens is 5. The molecule has 3 aromatic heterocycles. The van der Waals surface area contributed by atoms with Gasteiger partial charge in [0.15, 0.2) is 0 Å². The smallest absolute Gasteiger partial charge is 0.255 e. The van der Waals surface area contributed by atoms with E-state index in [9.17, 15) is 9.18 Å². The highest BCUT2D eigenvalue weighted by molar-refractivity contribution is 6.30. The predicted octanol–water partition coefficient (Wildman–Crippen LogP) is 7.32. The molecule has 0 bridgehead atoms. The summed E-state index contributed by atoms with van der Waals surface area (Å²) < 4.78 is 28.1. The number of halogens is 2. The molecule has 0 aliphatic carbocycles. The van der Waals surface area contributed by atoms with Gasteiger partial charge in [-0.15, -0.1) is 0 Å². The van der Waals surface area contributed by atoms with Crippen LogP contribution in [-0.4, -0.2) is 61.3 Å². The second-order valence-electron chi connectivity index (χ2n) is 12.7. The number of fused-ring (bicyclic) bond motifs is 2. The fourth-order valence-electron chi connectivity index (χ4n) is 6.46. The van der Waals surface area contributed by atoms with Crippen molar-refractivity contribution in [2.24, 2.45) is 0 Å². The fourth-order valence-corrected chi connectivity index (χ4v) is 6.61. The van der Waals surface area contributed by atoms with Gasteiger partial charge in [-0.3, -0.25) is 14.8 Å². The van der Waals surface area contributed by atoms with Crippen molar-refractivity contribution in [3.05, 3.63) is 118 Å². The molecule has 0 spiro atoms. The van der Waals surface area contributed by atoms with Crippen molar-refractivity contribution in [1.82, 2.24) is 29.6 Å². The van der Waals surface area contributed by atoms with Gasteiger partial charge in [-0.1, -0.05) is 29.8 Å². The van der Waals surface area contributed by atoms with Crippen LogP contribution in [0.2, 0.25) is 5.02 Å². The van der Waals surface area contributed by atoms with Crippen LogP contribution in [0.3, 0.4) is 0 Å². The van der Waals surface area contributed by atoms with Crippen molar-refractivity contribution < 1.29 is 18.7 Å². The molecule has 0 radical (unpaired) electrons. The summed E-state index contributed by atoms with van der Waals surface area (Å²) >= 11 is 5.88. The van der Waals surface area contributed by atoms with Crippen molar-refractivity contribution in [3.8, 4) is 5.88 Å². The first-order valence-corrected chi connectivity index (χ1v) is 17.1. The summed E-state index contributed by atoms with van der Waals surface area (Å²) in [6, 6.07) is 21.6. The number of benzene rings is 3. The third kappa shape index (κ3) is 6.72. The zero-order valence-corrected chi connectivity index (χ0v) is 28.2. The molecule has 12 heteroatoms. The van der Waals surface area contributed by atoms with E-state index in [0.29, 0.717) is 34.3 Å². The first-order chi connectivity index (χ1) is 24.4. The van der Waals surface area contributed by atoms with E-state index >= 15 is 0 Å². The van der Waals surface area contributed by atoms with E-state index in [0.717, 1.165) is 83.8 Å². The minimum Gasteiger partial charge on any atom is -0.473 e. The third-order valence-corrected chi connectivity index (χ3v) is 9.62. The van der Waals surface area contributed by atoms with Gasteiger partial charge in [-0.2, -0.15) is 5.10 Å². The van der Waals surface area contributed by atoms with Crippen molar-refractivity contribution in [1.29, 1.82) is 0 Å². The number of amides is 1. The summed E-state index contributed by atoms with van der Waals surface area (Å²) in [5, 5.41) is 11.5. The van der Waals surface area contributed by atoms with Gasteiger partial charge in [0.05, 0.1) is 47.1 Å². The fraction of sp³-hybridized carbons (Fsp3) is 0.263. The highest BCUT2D eigenvalue weighted by Gasteiger charge is 2.24. The second kappa shape index (κ2) is 13.7. The molecule has 2 N–H and O–H groups in total. The molecule has 5 heterocycles. The number of rotatable bonds is 10. The number of carbonyl (C=O) groups excluding carboxylic acids is 1. The summed E-state index contributed by atoms with van der Waals surface area (Å²) in [5.74, 6) is 0.809. The quantitative estimate of drug-likeness (QED) is 0.155. The molecule has 3 aromatic carbocycles. The van der Waals surface area contributed by atoms with Gasteiger partial charge in [-0.05, 0) is 79.9 Å². The van der Waals surface area contributed by atoms with Crippen LogP contribution >= 0.6 is 11.6 Å². The number of H-pyrrole nitrogens is 1. The van der Waals surface area contributed by atoms with Crippen LogP contribution in [0, 0.1) is 12.7 Å². The lowest BCUT2D eigenvalue weighted by Gasteiger charge is -2.29. The summed E-state index contributed by atoms with van der Waals surface area (Å²) in [7, 11) is 0. The Balaban J connectivity index is 0.962. The van der Waals surface area contributed by atoms with Crippen LogP contribution in [-0.2, 0) is 24.4 Å². The molecule has 2 aliphatic heterocycles. The Morgan fingerprint density at radius 2 is 2.02 bits per heavy atom. The molecule has 50 heavy (non-hydrogen) atoms. The first kappa shape index (κ1) is 32.1. The average molecular weight is 692 g/mol. The van der Waals surface area contributed by atoms with Crippen LogP contribution in [0.25, 0.3) is 27.5 Å². The lowest BCUT2D eigenvalue weighted by atomic mass is 10.0. The Morgan fingerprint density at radius 3 is 2.82 bits per heavy atom. The molecule has 2 aliphatic rings. The van der Waals surface area contributed by atoms with Crippen LogP contribution < -0.4 is 10.1 Å². The van der Waals surface area contributed by atoms with Crippen molar-refractivity contribution >= 4 is 50.7 Å². The van der Waals surface area contributed by atoms with Gasteiger partial charge in [0, 0.05) is 53.0 Å². The van der Waals surface area contributed by atoms with Gasteiger partial charge in [0.25, 0.3) is 5.91 Å². The molecule has 10 nitrogen and oxygen atoms in total. The molecular weight excluding hydrogens is 657 g/mol. The minimum atomic E-state index is -0.403. The maximum Gasteiger partial charge on any atom is 0.255 e. The maximum absolute atomic E-state index is 14.2.